The van der Waals surface area contributed by atoms with Gasteiger partial charge in [0.1, 0.15) is 59.5 Å². The molecule has 0 unspecified atom stereocenters. The van der Waals surface area contributed by atoms with Gasteiger partial charge < -0.3 is 20.7 Å². The number of benzene rings is 7. The van der Waals surface area contributed by atoms with Gasteiger partial charge in [0.05, 0.1) is 38.9 Å². The molecule has 7 aromatic carbocycles. The number of fused-ring (bicyclic) bond motifs is 2. The van der Waals surface area contributed by atoms with E-state index in [0.717, 1.165) is 36.4 Å². The number of aromatic hydroxyl groups is 2. The highest BCUT2D eigenvalue weighted by atomic mass is 32.2. The molecule has 0 saturated carbocycles. The van der Waals surface area contributed by atoms with Crippen molar-refractivity contribution in [3.63, 3.8) is 0 Å². The fraction of sp³-hybridized carbons (Fsp3) is 0.0952. The van der Waals surface area contributed by atoms with Gasteiger partial charge >= 0.3 is 31.8 Å². The summed E-state index contributed by atoms with van der Waals surface area (Å²) < 4.78 is 224. The van der Waals surface area contributed by atoms with Gasteiger partial charge in [-0.25, -0.2) is 0 Å². The average Bonchev–Trinajstić information content (AvgIpc) is 0.767. The first kappa shape index (κ1) is 70.4. The Morgan fingerprint density at radius 3 is 1.48 bits per heavy atom. The smallest absolute Gasteiger partial charge is 0.425 e. The maximum atomic E-state index is 13.1. The molecule has 39 nitrogen and oxygen atoms in total. The maximum Gasteiger partial charge on any atom is 0.425 e. The predicted molar refractivity (Wildman–Crippen MR) is 294 cm³/mol. The van der Waals surface area contributed by atoms with Crippen LogP contribution in [0, 0.1) is 27.2 Å². The minimum Gasteiger partial charge on any atom is -0.505 e. The summed E-state index contributed by atoms with van der Waals surface area (Å²) in [6.07, 6.45) is 0.487. The van der Waals surface area contributed by atoms with E-state index >= 15 is 0 Å². The summed E-state index contributed by atoms with van der Waals surface area (Å²) in [7, 11) is -30.8. The minimum absolute atomic E-state index is 0.0136. The number of ether oxygens (including phenoxy) is 1. The maximum absolute atomic E-state index is 13.1. The van der Waals surface area contributed by atoms with Gasteiger partial charge in [0, 0.05) is 46.5 Å². The fourth-order valence-corrected chi connectivity index (χ4v) is 9.84. The van der Waals surface area contributed by atoms with Gasteiger partial charge in [0.15, 0.2) is 11.5 Å². The van der Waals surface area contributed by atoms with Crippen molar-refractivity contribution >= 4 is 156 Å². The van der Waals surface area contributed by atoms with Crippen molar-refractivity contribution in [3.8, 4) is 17.2 Å². The lowest BCUT2D eigenvalue weighted by atomic mass is 10.1. The van der Waals surface area contributed by atoms with Crippen molar-refractivity contribution in [1.82, 2.24) is 0 Å². The third kappa shape index (κ3) is 18.7. The number of rotatable bonds is 17. The molecule has 8 N–H and O–H groups in total. The molecule has 88 heavy (non-hydrogen) atoms. The molecule has 0 fully saturated rings. The second kappa shape index (κ2) is 28.9. The van der Waals surface area contributed by atoms with Crippen molar-refractivity contribution in [1.29, 1.82) is 0 Å². The van der Waals surface area contributed by atoms with Crippen molar-refractivity contribution < 1.29 is 115 Å². The van der Waals surface area contributed by atoms with Gasteiger partial charge in [-0.1, -0.05) is 13.0 Å². The first-order valence-electron chi connectivity index (χ1n) is 22.3. The van der Waals surface area contributed by atoms with E-state index in [4.69, 9.17) is 48.4 Å². The van der Waals surface area contributed by atoms with Crippen LogP contribution < -0.4 is 10.5 Å². The molecular formula is C42H33N11O28S7. The standard InChI is InChI=1S/C42H33N11O19S4.3O3S/c1-3-14-72-33-18-30(48-44-21-4-6-22(7-5-21)52(56)57)20(2)15-31(33)49-51-39-36(75(66,67)68)17-26-24(40(39)54)9-13-29(42(26)76(69,70)71)47-50-32-19-34(73(60,61)62)25-10-12-28(41(55)37(25)38(32)43)46-45-27-11-8-23(53(58)59)16-35(27)74(63,64)65;3*1-4(2)3/h4-13,15-19,54-55H,3,14,43H2,1-2H3,(H,60,61,62)(H,63,64,65)(H,66,67,68)(H,69,70,71);;;. The molecule has 46 heteroatoms. The first-order chi connectivity index (χ1) is 40.7. The van der Waals surface area contributed by atoms with Gasteiger partial charge in [-0.15, -0.1) is 68.6 Å². The molecule has 0 saturated heterocycles. The largest absolute Gasteiger partial charge is 0.505 e. The fourth-order valence-electron chi connectivity index (χ4n) is 7.02. The molecule has 7 aromatic rings. The van der Waals surface area contributed by atoms with Crippen LogP contribution >= 0.6 is 0 Å². The molecular weight excluding hydrogens is 1330 g/mol. The lowest BCUT2D eigenvalue weighted by Gasteiger charge is -2.13. The van der Waals surface area contributed by atoms with Crippen molar-refractivity contribution in [3.05, 3.63) is 117 Å². The van der Waals surface area contributed by atoms with E-state index in [1.807, 2.05) is 0 Å². The topological polar surface area (TPSA) is 632 Å². The van der Waals surface area contributed by atoms with Crippen LogP contribution in [0.5, 0.6) is 17.2 Å². The Bertz CT molecular complexity index is 4890. The summed E-state index contributed by atoms with van der Waals surface area (Å²) in [5.41, 5.74) is 1.70. The molecule has 0 aliphatic carbocycles. The Morgan fingerprint density at radius 1 is 0.489 bits per heavy atom. The number of phenolic OH excluding ortho intramolecular Hbond substituents is 2. The Kier molecular flexibility index (Phi) is 23.1. The first-order valence-corrected chi connectivity index (χ1v) is 31.0. The van der Waals surface area contributed by atoms with Gasteiger partial charge in [0.2, 0.25) is 0 Å². The second-order valence-electron chi connectivity index (χ2n) is 16.2. The van der Waals surface area contributed by atoms with Crippen molar-refractivity contribution in [2.45, 2.75) is 39.9 Å². The highest BCUT2D eigenvalue weighted by molar-refractivity contribution is 7.87. The Labute approximate surface area is 495 Å². The SMILES string of the molecule is CCCOc1cc(N=Nc2ccc([N+](=O)[O-])cc2)c(C)cc1N=Nc1c(S(=O)(=O)O)cc2c(S(=O)(=O)O)c(N=Nc3cc(S(=O)(=O)O)c4ccc(N=Nc5ccc([N+](=O)[O-])cc5S(=O)(=O)O)c(O)c4c3N)ccc2c1O.O=S(=O)=O.O=S(=O)=O.O=S(=O)=O. The summed E-state index contributed by atoms with van der Waals surface area (Å²) in [4.78, 5) is 16.1. The number of azo groups is 4. The van der Waals surface area contributed by atoms with Gasteiger partial charge in [-0.3, -0.25) is 38.4 Å². The summed E-state index contributed by atoms with van der Waals surface area (Å²) in [5.74, 6) is -2.12. The quantitative estimate of drug-likeness (QED) is 0.0152. The summed E-state index contributed by atoms with van der Waals surface area (Å²) in [6, 6.07) is 14.8. The van der Waals surface area contributed by atoms with Crippen LogP contribution in [0.15, 0.2) is 151 Å². The summed E-state index contributed by atoms with van der Waals surface area (Å²) >= 11 is 0. The third-order valence-electron chi connectivity index (χ3n) is 10.5. The summed E-state index contributed by atoms with van der Waals surface area (Å²) in [6.45, 7) is 3.47. The number of hydrogen-bond donors (Lipinski definition) is 7. The molecule has 466 valence electrons. The van der Waals surface area contributed by atoms with Crippen LogP contribution in [0.2, 0.25) is 0 Å². The lowest BCUT2D eigenvalue weighted by molar-refractivity contribution is -0.385. The van der Waals surface area contributed by atoms with Crippen LogP contribution in [-0.2, 0) is 72.3 Å². The van der Waals surface area contributed by atoms with Crippen LogP contribution in [-0.4, -0.2) is 116 Å². The van der Waals surface area contributed by atoms with Gasteiger partial charge in [-0.2, -0.15) is 43.9 Å². The number of non-ortho nitro benzene ring substituents is 2. The Morgan fingerprint density at radius 2 is 0.955 bits per heavy atom. The van der Waals surface area contributed by atoms with Gasteiger partial charge in [-0.05, 0) is 73.5 Å². The van der Waals surface area contributed by atoms with E-state index in [-0.39, 0.29) is 35.1 Å². The molecule has 0 aromatic heterocycles. The predicted octanol–water partition coefficient (Wildman–Crippen LogP) is 7.54. The summed E-state index contributed by atoms with van der Waals surface area (Å²) in [5, 5.41) is 73.7. The van der Waals surface area contributed by atoms with E-state index in [2.05, 4.69) is 40.9 Å². The highest BCUT2D eigenvalue weighted by Gasteiger charge is 2.29. The molecule has 0 heterocycles. The van der Waals surface area contributed by atoms with E-state index in [1.54, 1.807) is 13.8 Å². The average molecular weight is 1360 g/mol. The van der Waals surface area contributed by atoms with E-state index in [1.165, 1.54) is 36.4 Å². The monoisotopic (exact) mass is 1360 g/mol. The van der Waals surface area contributed by atoms with E-state index in [9.17, 15) is 82.3 Å². The van der Waals surface area contributed by atoms with Crippen LogP contribution in [0.25, 0.3) is 21.5 Å². The third-order valence-corrected chi connectivity index (χ3v) is 14.1. The number of hydrogen-bond acceptors (Lipinski definition) is 33. The number of nitro benzene ring substituents is 2. The van der Waals surface area contributed by atoms with Crippen molar-refractivity contribution in [2.24, 2.45) is 40.9 Å². The number of anilines is 1. The van der Waals surface area contributed by atoms with Crippen molar-refractivity contribution in [2.75, 3.05) is 12.3 Å². The lowest BCUT2D eigenvalue weighted by Crippen LogP contribution is -2.03. The molecule has 0 atom stereocenters. The van der Waals surface area contributed by atoms with E-state index in [0.29, 0.717) is 30.2 Å². The number of nitro groups is 2. The van der Waals surface area contributed by atoms with Crippen LogP contribution in [0.3, 0.4) is 0 Å². The molecule has 0 aliphatic heterocycles. The normalized spacial score (nSPS) is 11.8. The molecule has 0 amide bonds. The minimum atomic E-state index is -5.57. The number of nitrogens with zero attached hydrogens (tertiary/aromatic N) is 10. The molecule has 0 radical (unpaired) electrons. The van der Waals surface area contributed by atoms with Gasteiger partial charge in [0.25, 0.3) is 51.8 Å². The Balaban J connectivity index is 0.00000126. The molecule has 0 spiro atoms. The zero-order valence-corrected chi connectivity index (χ0v) is 48.9. The highest BCUT2D eigenvalue weighted by Crippen LogP contribution is 2.49. The van der Waals surface area contributed by atoms with E-state index < -0.39 is 175 Å². The van der Waals surface area contributed by atoms with Crippen LogP contribution in [0.1, 0.15) is 18.9 Å². The number of phenols is 2. The van der Waals surface area contributed by atoms with Crippen LogP contribution in [0.4, 0.5) is 62.6 Å². The Hall–Kier alpha value is -10.0. The number of aryl methyl sites for hydroxylation is 1. The number of nitrogen functional groups attached to an aromatic ring is 1. The second-order valence-corrected chi connectivity index (χ2v) is 22.9. The molecule has 7 rings (SSSR count). The molecule has 0 aliphatic rings. The zero-order chi connectivity index (χ0) is 66.6. The number of nitrogens with two attached hydrogens (primary N) is 1. The molecule has 0 bridgehead atoms. The zero-order valence-electron chi connectivity index (χ0n) is 43.1.